The highest BCUT2D eigenvalue weighted by atomic mass is 16.2. The van der Waals surface area contributed by atoms with E-state index in [-0.39, 0.29) is 17.9 Å². The summed E-state index contributed by atoms with van der Waals surface area (Å²) < 4.78 is 1.58. The molecule has 5 rings (SSSR count). The van der Waals surface area contributed by atoms with Crippen molar-refractivity contribution in [2.45, 2.75) is 38.3 Å². The van der Waals surface area contributed by atoms with E-state index in [1.54, 1.807) is 11.0 Å². The molecule has 9 heteroatoms. The maximum atomic E-state index is 12.9. The number of rotatable bonds is 6. The van der Waals surface area contributed by atoms with Crippen molar-refractivity contribution in [3.05, 3.63) is 60.7 Å². The van der Waals surface area contributed by atoms with E-state index in [1.807, 2.05) is 12.1 Å². The van der Waals surface area contributed by atoms with E-state index in [0.29, 0.717) is 5.82 Å². The summed E-state index contributed by atoms with van der Waals surface area (Å²) in [5, 5.41) is 16.0. The smallest absolute Gasteiger partial charge is 0.223 e. The molecule has 0 bridgehead atoms. The van der Waals surface area contributed by atoms with Crippen LogP contribution in [0, 0.1) is 5.92 Å². The zero-order chi connectivity index (χ0) is 22.5. The van der Waals surface area contributed by atoms with Crippen molar-refractivity contribution >= 4 is 11.7 Å². The van der Waals surface area contributed by atoms with E-state index in [4.69, 9.17) is 0 Å². The van der Waals surface area contributed by atoms with Crippen molar-refractivity contribution in [3.63, 3.8) is 0 Å². The molecule has 9 nitrogen and oxygen atoms in total. The zero-order valence-corrected chi connectivity index (χ0v) is 18.8. The quantitative estimate of drug-likeness (QED) is 0.620. The number of amides is 1. The average Bonchev–Trinajstić information content (AvgIpc) is 3.41. The fourth-order valence-corrected chi connectivity index (χ4v) is 4.70. The Morgan fingerprint density at radius 3 is 2.30 bits per heavy atom. The highest BCUT2D eigenvalue weighted by molar-refractivity contribution is 5.79. The van der Waals surface area contributed by atoms with E-state index in [2.05, 4.69) is 65.7 Å². The van der Waals surface area contributed by atoms with Crippen LogP contribution < -0.4 is 10.2 Å². The number of benzene rings is 1. The molecule has 33 heavy (non-hydrogen) atoms. The number of carbonyl (C=O) groups is 1. The lowest BCUT2D eigenvalue weighted by Gasteiger charge is -2.35. The first-order valence-corrected chi connectivity index (χ1v) is 11.7. The number of hydrogen-bond acceptors (Lipinski definition) is 7. The second-order valence-corrected chi connectivity index (χ2v) is 8.90. The van der Waals surface area contributed by atoms with E-state index in [9.17, 15) is 4.79 Å². The molecule has 2 fully saturated rings. The monoisotopic (exact) mass is 446 g/mol. The van der Waals surface area contributed by atoms with Gasteiger partial charge >= 0.3 is 0 Å². The molecule has 172 valence electrons. The molecule has 1 amide bonds. The lowest BCUT2D eigenvalue weighted by atomic mass is 9.94. The van der Waals surface area contributed by atoms with Gasteiger partial charge in [-0.3, -0.25) is 9.69 Å². The Morgan fingerprint density at radius 1 is 0.909 bits per heavy atom. The molecule has 0 unspecified atom stereocenters. The summed E-state index contributed by atoms with van der Waals surface area (Å²) in [5.74, 6) is 1.76. The standard InChI is InChI=1S/C24H30N8O/c33-24(27-21-10-12-30(13-11-21)16-19-4-2-1-3-5-19)20-8-14-31(15-9-20)22-6-7-23(29-28-22)32-18-25-17-26-32/h1-7,17-18,20-21H,8-16H2,(H,27,33). The summed E-state index contributed by atoms with van der Waals surface area (Å²) in [6, 6.07) is 14.7. The molecule has 3 aromatic rings. The second kappa shape index (κ2) is 10.1. The molecule has 2 aromatic heterocycles. The molecular formula is C24H30N8O. The Morgan fingerprint density at radius 2 is 1.64 bits per heavy atom. The van der Waals surface area contributed by atoms with Crippen LogP contribution in [0.2, 0.25) is 0 Å². The van der Waals surface area contributed by atoms with Gasteiger partial charge < -0.3 is 10.2 Å². The summed E-state index contributed by atoms with van der Waals surface area (Å²) in [4.78, 5) is 21.5. The summed E-state index contributed by atoms with van der Waals surface area (Å²) in [6.07, 6.45) is 6.78. The Labute approximate surface area is 193 Å². The third kappa shape index (κ3) is 5.36. The largest absolute Gasteiger partial charge is 0.355 e. The van der Waals surface area contributed by atoms with Gasteiger partial charge in [0, 0.05) is 44.7 Å². The Hall–Kier alpha value is -3.33. The molecule has 0 atom stereocenters. The highest BCUT2D eigenvalue weighted by Gasteiger charge is 2.28. The van der Waals surface area contributed by atoms with E-state index in [1.165, 1.54) is 11.9 Å². The topological polar surface area (TPSA) is 92.1 Å². The minimum Gasteiger partial charge on any atom is -0.355 e. The van der Waals surface area contributed by atoms with Gasteiger partial charge in [-0.2, -0.15) is 5.10 Å². The number of anilines is 1. The molecule has 0 saturated carbocycles. The van der Waals surface area contributed by atoms with Crippen molar-refractivity contribution in [3.8, 4) is 5.82 Å². The van der Waals surface area contributed by atoms with Gasteiger partial charge in [0.15, 0.2) is 11.6 Å². The number of piperidine rings is 2. The summed E-state index contributed by atoms with van der Waals surface area (Å²) in [7, 11) is 0. The second-order valence-electron chi connectivity index (χ2n) is 8.90. The van der Waals surface area contributed by atoms with Crippen LogP contribution in [-0.2, 0) is 11.3 Å². The van der Waals surface area contributed by atoms with E-state index >= 15 is 0 Å². The van der Waals surface area contributed by atoms with Crippen LogP contribution in [-0.4, -0.2) is 68.0 Å². The first-order valence-electron chi connectivity index (χ1n) is 11.7. The Bertz CT molecular complexity index is 1010. The lowest BCUT2D eigenvalue weighted by Crippen LogP contribution is -2.48. The van der Waals surface area contributed by atoms with Gasteiger partial charge in [0.1, 0.15) is 12.7 Å². The fraction of sp³-hybridized carbons (Fsp3) is 0.458. The summed E-state index contributed by atoms with van der Waals surface area (Å²) in [5.41, 5.74) is 1.35. The van der Waals surface area contributed by atoms with Gasteiger partial charge in [-0.25, -0.2) is 9.67 Å². The minimum atomic E-state index is 0.0750. The molecule has 1 N–H and O–H groups in total. The van der Waals surface area contributed by atoms with Crippen LogP contribution >= 0.6 is 0 Å². The van der Waals surface area contributed by atoms with Crippen LogP contribution in [0.15, 0.2) is 55.1 Å². The highest BCUT2D eigenvalue weighted by Crippen LogP contribution is 2.23. The zero-order valence-electron chi connectivity index (χ0n) is 18.8. The molecule has 2 aliphatic heterocycles. The molecule has 4 heterocycles. The molecule has 0 aliphatic carbocycles. The Balaban J connectivity index is 1.05. The average molecular weight is 447 g/mol. The van der Waals surface area contributed by atoms with Gasteiger partial charge in [-0.15, -0.1) is 10.2 Å². The van der Waals surface area contributed by atoms with Crippen molar-refractivity contribution in [2.24, 2.45) is 5.92 Å². The van der Waals surface area contributed by atoms with E-state index in [0.717, 1.165) is 64.2 Å². The first-order chi connectivity index (χ1) is 16.2. The van der Waals surface area contributed by atoms with Crippen molar-refractivity contribution in [2.75, 3.05) is 31.1 Å². The number of hydrogen-bond donors (Lipinski definition) is 1. The third-order valence-electron chi connectivity index (χ3n) is 6.66. The Kier molecular flexibility index (Phi) is 6.57. The van der Waals surface area contributed by atoms with Crippen LogP contribution in [0.3, 0.4) is 0 Å². The maximum Gasteiger partial charge on any atom is 0.223 e. The number of nitrogens with one attached hydrogen (secondary N) is 1. The SMILES string of the molecule is O=C(NC1CCN(Cc2ccccc2)CC1)C1CCN(c2ccc(-n3cncn3)nn2)CC1. The minimum absolute atomic E-state index is 0.0750. The van der Waals surface area contributed by atoms with Gasteiger partial charge in [0.2, 0.25) is 5.91 Å². The predicted octanol–water partition coefficient (Wildman–Crippen LogP) is 2.05. The maximum absolute atomic E-state index is 12.9. The molecular weight excluding hydrogens is 416 g/mol. The molecule has 2 saturated heterocycles. The third-order valence-corrected chi connectivity index (χ3v) is 6.66. The van der Waals surface area contributed by atoms with Crippen LogP contribution in [0.4, 0.5) is 5.82 Å². The van der Waals surface area contributed by atoms with E-state index < -0.39 is 0 Å². The first kappa shape index (κ1) is 21.5. The lowest BCUT2D eigenvalue weighted by molar-refractivity contribution is -0.126. The molecule has 0 spiro atoms. The number of aromatic nitrogens is 5. The van der Waals surface area contributed by atoms with Gasteiger partial charge in [0.25, 0.3) is 0 Å². The predicted molar refractivity (Wildman–Crippen MR) is 125 cm³/mol. The van der Waals surface area contributed by atoms with Crippen molar-refractivity contribution < 1.29 is 4.79 Å². The fourth-order valence-electron chi connectivity index (χ4n) is 4.70. The van der Waals surface area contributed by atoms with Gasteiger partial charge in [-0.1, -0.05) is 30.3 Å². The van der Waals surface area contributed by atoms with Crippen molar-refractivity contribution in [1.82, 2.24) is 35.2 Å². The molecule has 2 aliphatic rings. The summed E-state index contributed by atoms with van der Waals surface area (Å²) in [6.45, 7) is 4.67. The van der Waals surface area contributed by atoms with Gasteiger partial charge in [0.05, 0.1) is 0 Å². The van der Waals surface area contributed by atoms with Gasteiger partial charge in [-0.05, 0) is 43.4 Å². The molecule has 0 radical (unpaired) electrons. The summed E-state index contributed by atoms with van der Waals surface area (Å²) >= 11 is 0. The normalized spacial score (nSPS) is 18.4. The number of nitrogens with zero attached hydrogens (tertiary/aromatic N) is 7. The van der Waals surface area contributed by atoms with Crippen LogP contribution in [0.1, 0.15) is 31.2 Å². The van der Waals surface area contributed by atoms with Crippen LogP contribution in [0.5, 0.6) is 0 Å². The van der Waals surface area contributed by atoms with Crippen LogP contribution in [0.25, 0.3) is 5.82 Å². The van der Waals surface area contributed by atoms with Crippen molar-refractivity contribution in [1.29, 1.82) is 0 Å². The number of likely N-dealkylation sites (tertiary alicyclic amines) is 1. The number of carbonyl (C=O) groups excluding carboxylic acids is 1. The molecule has 1 aromatic carbocycles.